The zero-order chi connectivity index (χ0) is 116. The molecule has 2 aromatic heterocycles. The summed E-state index contributed by atoms with van der Waals surface area (Å²) < 4.78 is 0. The number of aromatic amines is 2. The van der Waals surface area contributed by atoms with E-state index in [0.29, 0.717) is 63.4 Å². The Morgan fingerprint density at radius 3 is 0.840 bits per heavy atom. The molecule has 0 unspecified atom stereocenters. The molecule has 0 aliphatic rings. The largest absolute Gasteiger partial charge is 0.394 e. The van der Waals surface area contributed by atoms with Crippen molar-refractivity contribution in [3.8, 4) is 0 Å². The van der Waals surface area contributed by atoms with Gasteiger partial charge in [0, 0.05) is 127 Å². The minimum Gasteiger partial charge on any atom is -0.394 e. The third-order valence-electron chi connectivity index (χ3n) is 20.9. The molecule has 2 aromatic carbocycles. The van der Waals surface area contributed by atoms with Gasteiger partial charge in [-0.15, -0.1) is 0 Å². The number of unbranched alkanes of at least 4 members (excludes halogenated alkanes) is 12. The van der Waals surface area contributed by atoms with Gasteiger partial charge in [-0.1, -0.05) is 248 Å². The topological polar surface area (TPSA) is 759 Å². The Labute approximate surface area is 911 Å². The number of hydrogen-bond acceptors (Lipinski definition) is 30. The molecule has 0 spiro atoms. The van der Waals surface area contributed by atoms with Gasteiger partial charge in [-0.3, -0.25) is 57.5 Å². The van der Waals surface area contributed by atoms with Gasteiger partial charge in [0.25, 0.3) is 0 Å². The summed E-state index contributed by atoms with van der Waals surface area (Å²) in [5.41, 5.74) is 70.2. The van der Waals surface area contributed by atoms with E-state index in [2.05, 4.69) is 178 Å². The molecule has 0 radical (unpaired) electrons. The highest BCUT2D eigenvalue weighted by Gasteiger charge is 2.22. The Kier molecular flexibility index (Phi) is 117. The van der Waals surface area contributed by atoms with Crippen molar-refractivity contribution in [3.05, 3.63) is 108 Å². The maximum Gasteiger partial charge on any atom is 0.239 e. The molecule has 0 aliphatic carbocycles. The second kappa shape index (κ2) is 112. The molecule has 0 fully saturated rings. The van der Waals surface area contributed by atoms with E-state index in [4.69, 9.17) is 79.0 Å². The lowest BCUT2D eigenvalue weighted by Crippen LogP contribution is -2.44. The lowest BCUT2D eigenvalue weighted by molar-refractivity contribution is -0.124. The number of nitrogens with two attached hydrogens (primary N) is 12. The van der Waals surface area contributed by atoms with Gasteiger partial charge in [0.2, 0.25) is 70.9 Å². The molecule has 4 aromatic rings. The summed E-state index contributed by atoms with van der Waals surface area (Å²) in [6.07, 6.45) is 33.6. The summed E-state index contributed by atoms with van der Waals surface area (Å²) in [7, 11) is 0. The molecule has 150 heavy (non-hydrogen) atoms. The first-order valence-corrected chi connectivity index (χ1v) is 55.5. The van der Waals surface area contributed by atoms with Crippen LogP contribution in [0.5, 0.6) is 0 Å². The SMILES string of the molecule is CCCCNC(=[17O])[C@@H](N)C(C)C.CCCCNC(=[17O])[C@@H](N)CO.CCCCNC(=[17O])[C@@H](N)CS.CCCCNC(=[17O])[C@@H](N)Cc1ccccc1.CCCCNC(=[17O])[C@@H](N)Cc1cnc[nH]1.CCCCNC(=[17O])[C@H](C)N.CCCCNC(=[18O])[C@@H](N)CS.CCCCNC(=[18O])[C@@H](N)Cc1cnc[nH]1.CCCCN[13C](=O)[C@@H](N)C(C)C.CCCCN[13C](=O)[C@@H](N)CO.CCCCN[13C](=O)[C@@H](N)Cc1ccccc1.CCCCN[13C](=O)[C@H](C)N. The first-order chi connectivity index (χ1) is 71.4. The van der Waals surface area contributed by atoms with Gasteiger partial charge in [-0.05, 0) is 127 Å². The summed E-state index contributed by atoms with van der Waals surface area (Å²) in [4.78, 5) is 147. The van der Waals surface area contributed by atoms with E-state index < -0.39 is 48.3 Å². The molecule has 44 heteroatoms. The monoisotopic (exact) mass is 2180 g/mol. The first kappa shape index (κ1) is 156. The molecule has 0 aliphatic heterocycles. The number of nitrogens with zero attached hydrogens (tertiary/aromatic N) is 2. The van der Waals surface area contributed by atoms with E-state index in [-0.39, 0.29) is 120 Å². The molecular weight excluding hydrogens is 1970 g/mol. The zero-order valence-electron chi connectivity index (χ0n) is 94.8. The molecule has 12 amide bonds. The van der Waals surface area contributed by atoms with Crippen molar-refractivity contribution in [1.82, 2.24) is 83.7 Å². The molecule has 872 valence electrons. The number of benzene rings is 2. The Balaban J connectivity index is -0.000000245. The van der Waals surface area contributed by atoms with Gasteiger partial charge in [-0.2, -0.15) is 25.3 Å². The number of amides is 12. The molecule has 0 saturated carbocycles. The van der Waals surface area contributed by atoms with Crippen LogP contribution in [0.3, 0.4) is 0 Å². The lowest BCUT2D eigenvalue weighted by atomic mass is 10.1. The Hall–Kier alpha value is -9.36. The van der Waals surface area contributed by atoms with Crippen molar-refractivity contribution in [2.45, 2.75) is 377 Å². The lowest BCUT2D eigenvalue weighted by Gasteiger charge is -2.14. The van der Waals surface area contributed by atoms with Crippen LogP contribution in [0.15, 0.2) is 85.7 Å². The number of rotatable bonds is 62. The number of aliphatic hydroxyl groups excluding tert-OH is 2. The summed E-state index contributed by atoms with van der Waals surface area (Å²) >= 11 is 7.83. The summed E-state index contributed by atoms with van der Waals surface area (Å²) in [6, 6.07) is 13.8. The van der Waals surface area contributed by atoms with Crippen LogP contribution in [0.25, 0.3) is 0 Å². The predicted octanol–water partition coefficient (Wildman–Crippen LogP) is 4.37. The standard InChI is InChI=1S/2C13H20N2O.2C10H18N4O.2C9H20N2O.2C7H16N2O2.2C7H16N2OS.2C7H16N2O/c2*1-2-3-9-15-13(16)12(14)10-11-7-5-4-6-8-11;2*1-2-3-4-13-10(15)9(11)5-8-6-12-7-14-8;2*1-4-5-6-11-9(12)8(10)7(2)3;2*1-2-3-4-9-7(11)6(8)5-10;2*1-2-3-4-9-7(10)6(8)5-11;2*1-3-4-5-9-7(10)6(2)8/h2*4-8,12H,2-3,9-10,14H2,1H3,(H,15,16);2*6-7,9H,2-5,11H2,1H3,(H,12,14)(H,13,15);2*7-8H,4-6,10H2,1-3H3,(H,11,12);2*6,10H,2-5,8H2,1H3,(H,9,11);2*6,11H,2-5,8H2,1H3,(H,9,10);2*6H,3-5,8H2,1-2H3,(H,9,10)/t2*12-;2*9-;2*8-;6*6-/m000000000000/s1/i16+1;13+1;15+2;15+1;12+1;9+1;11+1;7+1;10+2;2*10+1;7+1. The molecule has 42 nitrogen and oxygen atoms in total. The second-order valence-corrected chi connectivity index (χ2v) is 37.1. The van der Waals surface area contributed by atoms with Crippen LogP contribution < -0.4 is 133 Å². The normalized spacial score (nSPS) is 12.6. The van der Waals surface area contributed by atoms with Gasteiger partial charge in [0.05, 0.1) is 86.3 Å². The van der Waals surface area contributed by atoms with Crippen molar-refractivity contribution < 1.29 is 67.7 Å². The van der Waals surface area contributed by atoms with Crippen LogP contribution >= 0.6 is 25.3 Å². The highest BCUT2D eigenvalue weighted by molar-refractivity contribution is 7.80. The van der Waals surface area contributed by atoms with E-state index in [0.717, 1.165) is 229 Å². The van der Waals surface area contributed by atoms with Crippen molar-refractivity contribution in [2.24, 2.45) is 80.6 Å². The molecule has 40 N–H and O–H groups in total. The maximum absolute atomic E-state index is 11.6. The number of carbonyl (C=O) groups is 12. The number of thiol groups is 2. The van der Waals surface area contributed by atoms with Crippen molar-refractivity contribution in [1.29, 1.82) is 0 Å². The minimum absolute atomic E-state index is 0.0292. The molecule has 2 heterocycles. The van der Waals surface area contributed by atoms with Crippen molar-refractivity contribution >= 4 is 96.1 Å². The highest BCUT2D eigenvalue weighted by Crippen LogP contribution is 2.07. The zero-order valence-corrected chi connectivity index (χ0v) is 96.6. The third-order valence-corrected chi connectivity index (χ3v) is 21.7. The van der Waals surface area contributed by atoms with Crippen LogP contribution in [0.2, 0.25) is 0 Å². The van der Waals surface area contributed by atoms with Crippen LogP contribution in [-0.2, 0) is 83.2 Å². The van der Waals surface area contributed by atoms with E-state index in [1.165, 1.54) is 0 Å². The van der Waals surface area contributed by atoms with Gasteiger partial charge in [0.1, 0.15) is 12.1 Å². The molecular formula is C106H212N28O14S2. The molecule has 12 atom stereocenters. The smallest absolute Gasteiger partial charge is 0.239 e. The number of H-pyrrole nitrogens is 2. The van der Waals surface area contributed by atoms with Crippen LogP contribution in [-0.4, -0.2) is 277 Å². The number of aromatic nitrogens is 4. The van der Waals surface area contributed by atoms with Gasteiger partial charge in [-0.25, -0.2) is 9.97 Å². The predicted molar refractivity (Wildman–Crippen MR) is 618 cm³/mol. The highest BCUT2D eigenvalue weighted by atomic mass is 32.1. The third kappa shape index (κ3) is 102. The fourth-order valence-corrected chi connectivity index (χ4v) is 10.9. The van der Waals surface area contributed by atoms with E-state index in [9.17, 15) is 57.5 Å². The Morgan fingerprint density at radius 2 is 0.553 bits per heavy atom. The fraction of sp³-hybridized carbons (Fsp3) is 0.717. The van der Waals surface area contributed by atoms with Crippen molar-refractivity contribution in [2.75, 3.05) is 103 Å². The van der Waals surface area contributed by atoms with Crippen LogP contribution in [0.1, 0.15) is 301 Å². The summed E-state index contributed by atoms with van der Waals surface area (Å²) in [5.74, 6) is -0.0258. The fourth-order valence-electron chi connectivity index (χ4n) is 10.6. The maximum atomic E-state index is 11.6. The summed E-state index contributed by atoms with van der Waals surface area (Å²) in [6.45, 7) is 44.0. The van der Waals surface area contributed by atoms with Crippen LogP contribution in [0.4, 0.5) is 0 Å². The quantitative estimate of drug-likeness (QED) is 0.0126. The van der Waals surface area contributed by atoms with E-state index in [1.807, 2.05) is 102 Å². The molecule has 0 bridgehead atoms. The number of imidazole rings is 2. The first-order valence-electron chi connectivity index (χ1n) is 54.2. The van der Waals surface area contributed by atoms with Gasteiger partial charge < -0.3 is 153 Å². The second-order valence-electron chi connectivity index (χ2n) is 36.4. The Bertz CT molecular complexity index is 3510. The number of hydrogen-bond donors (Lipinski definition) is 30. The number of nitrogens with one attached hydrogen (secondary N) is 14. The van der Waals surface area contributed by atoms with E-state index in [1.54, 1.807) is 38.9 Å². The van der Waals surface area contributed by atoms with Gasteiger partial charge >= 0.3 is 0 Å². The minimum atomic E-state index is -0.771. The van der Waals surface area contributed by atoms with Crippen molar-refractivity contribution in [3.63, 3.8) is 0 Å². The van der Waals surface area contributed by atoms with Gasteiger partial charge in [0.15, 0.2) is 0 Å². The molecule has 0 saturated heterocycles. The number of carbonyl (C=O) groups excluding carboxylic acids is 12. The Morgan fingerprint density at radius 1 is 0.300 bits per heavy atom. The van der Waals surface area contributed by atoms with Crippen LogP contribution in [0, 0.1) is 11.8 Å². The summed E-state index contributed by atoms with van der Waals surface area (Å²) in [5, 5.41) is 49.9. The average molecular weight is 2180 g/mol. The number of aliphatic hydroxyl groups is 2. The van der Waals surface area contributed by atoms with E-state index >= 15 is 0 Å². The molecule has 4 rings (SSSR count). The average Bonchev–Trinajstić information content (AvgIpc) is 1.66.